The van der Waals surface area contributed by atoms with Crippen LogP contribution in [0.2, 0.25) is 5.02 Å². The number of nitrogens with zero attached hydrogens (tertiary/aromatic N) is 1. The van der Waals surface area contributed by atoms with Crippen LogP contribution in [-0.2, 0) is 11.3 Å². The van der Waals surface area contributed by atoms with Crippen molar-refractivity contribution in [2.45, 2.75) is 6.54 Å². The van der Waals surface area contributed by atoms with Crippen molar-refractivity contribution in [2.24, 2.45) is 0 Å². The lowest BCUT2D eigenvalue weighted by atomic mass is 10.2. The summed E-state index contributed by atoms with van der Waals surface area (Å²) in [5, 5.41) is 2.92. The van der Waals surface area contributed by atoms with Crippen molar-refractivity contribution in [3.63, 3.8) is 0 Å². The summed E-state index contributed by atoms with van der Waals surface area (Å²) in [6.07, 6.45) is 0. The Morgan fingerprint density at radius 3 is 2.42 bits per heavy atom. The molecule has 0 atom stereocenters. The molecule has 7 heteroatoms. The third-order valence-corrected chi connectivity index (χ3v) is 3.59. The predicted molar refractivity (Wildman–Crippen MR) is 86.6 cm³/mol. The Morgan fingerprint density at radius 1 is 1.12 bits per heavy atom. The fourth-order valence-corrected chi connectivity index (χ4v) is 2.14. The van der Waals surface area contributed by atoms with Crippen LogP contribution in [-0.4, -0.2) is 30.3 Å². The molecule has 2 amide bonds. The van der Waals surface area contributed by atoms with Crippen LogP contribution in [0.3, 0.4) is 0 Å². The van der Waals surface area contributed by atoms with Gasteiger partial charge in [0.05, 0.1) is 12.1 Å². The highest BCUT2D eigenvalue weighted by Crippen LogP contribution is 2.11. The van der Waals surface area contributed by atoms with E-state index in [1.807, 2.05) is 0 Å². The molecule has 2 aromatic carbocycles. The van der Waals surface area contributed by atoms with Gasteiger partial charge < -0.3 is 10.2 Å². The third kappa shape index (κ3) is 4.76. The number of amides is 2. The Balaban J connectivity index is 1.89. The minimum Gasteiger partial charge on any atom is -0.343 e. The van der Waals surface area contributed by atoms with Gasteiger partial charge in [0.15, 0.2) is 0 Å². The standard InChI is InChI=1S/C17H15ClF2N2O2/c1-22(10-11-2-4-12(18)5-3-11)16(23)9-21-17(24)14-7-6-13(19)8-15(14)20/h2-8H,9-10H2,1H3,(H,21,24). The van der Waals surface area contributed by atoms with Crippen LogP contribution in [0.1, 0.15) is 15.9 Å². The first-order chi connectivity index (χ1) is 11.4. The number of halogens is 3. The molecule has 0 unspecified atom stereocenters. The van der Waals surface area contributed by atoms with E-state index >= 15 is 0 Å². The molecule has 0 spiro atoms. The van der Waals surface area contributed by atoms with Crippen molar-refractivity contribution in [3.8, 4) is 0 Å². The number of benzene rings is 2. The summed E-state index contributed by atoms with van der Waals surface area (Å²) in [4.78, 5) is 25.3. The summed E-state index contributed by atoms with van der Waals surface area (Å²) >= 11 is 5.79. The van der Waals surface area contributed by atoms with Crippen molar-refractivity contribution >= 4 is 23.4 Å². The fourth-order valence-electron chi connectivity index (χ4n) is 2.01. The lowest BCUT2D eigenvalue weighted by molar-refractivity contribution is -0.129. The number of carbonyl (C=O) groups is 2. The van der Waals surface area contributed by atoms with E-state index in [1.54, 1.807) is 31.3 Å². The zero-order chi connectivity index (χ0) is 17.7. The molecule has 0 fully saturated rings. The smallest absolute Gasteiger partial charge is 0.254 e. The van der Waals surface area contributed by atoms with Crippen LogP contribution in [0.5, 0.6) is 0 Å². The first-order valence-electron chi connectivity index (χ1n) is 7.08. The lowest BCUT2D eigenvalue weighted by Gasteiger charge is -2.17. The van der Waals surface area contributed by atoms with Gasteiger partial charge in [-0.25, -0.2) is 8.78 Å². The molecule has 0 heterocycles. The highest BCUT2D eigenvalue weighted by Gasteiger charge is 2.15. The molecule has 0 radical (unpaired) electrons. The van der Waals surface area contributed by atoms with Crippen molar-refractivity contribution in [1.82, 2.24) is 10.2 Å². The van der Waals surface area contributed by atoms with Gasteiger partial charge in [0.2, 0.25) is 5.91 Å². The highest BCUT2D eigenvalue weighted by atomic mass is 35.5. The zero-order valence-corrected chi connectivity index (χ0v) is 13.6. The van der Waals surface area contributed by atoms with Crippen LogP contribution in [0, 0.1) is 11.6 Å². The molecule has 126 valence electrons. The second-order valence-electron chi connectivity index (χ2n) is 5.18. The first-order valence-corrected chi connectivity index (χ1v) is 7.46. The fraction of sp³-hybridized carbons (Fsp3) is 0.176. The van der Waals surface area contributed by atoms with Crippen LogP contribution < -0.4 is 5.32 Å². The van der Waals surface area contributed by atoms with Gasteiger partial charge in [0.25, 0.3) is 5.91 Å². The summed E-state index contributed by atoms with van der Waals surface area (Å²) < 4.78 is 26.3. The number of rotatable bonds is 5. The summed E-state index contributed by atoms with van der Waals surface area (Å²) in [7, 11) is 1.58. The van der Waals surface area contributed by atoms with E-state index in [2.05, 4.69) is 5.32 Å². The Morgan fingerprint density at radius 2 is 1.79 bits per heavy atom. The largest absolute Gasteiger partial charge is 0.343 e. The van der Waals surface area contributed by atoms with Crippen molar-refractivity contribution in [1.29, 1.82) is 0 Å². The third-order valence-electron chi connectivity index (χ3n) is 3.33. The summed E-state index contributed by atoms with van der Waals surface area (Å²) in [5.41, 5.74) is 0.565. The minimum absolute atomic E-state index is 0.292. The quantitative estimate of drug-likeness (QED) is 0.899. The molecule has 1 N–H and O–H groups in total. The number of likely N-dealkylation sites (N-methyl/N-ethyl adjacent to an activating group) is 1. The van der Waals surface area contributed by atoms with Gasteiger partial charge in [0, 0.05) is 24.7 Å². The van der Waals surface area contributed by atoms with Gasteiger partial charge in [-0.3, -0.25) is 9.59 Å². The summed E-state index contributed by atoms with van der Waals surface area (Å²) in [6.45, 7) is 0.0521. The molecule has 0 saturated heterocycles. The maximum atomic E-state index is 13.5. The number of hydrogen-bond acceptors (Lipinski definition) is 2. The summed E-state index contributed by atoms with van der Waals surface area (Å²) in [5.74, 6) is -2.88. The first kappa shape index (κ1) is 17.9. The molecular formula is C17H15ClF2N2O2. The van der Waals surface area contributed by atoms with Crippen LogP contribution in [0.25, 0.3) is 0 Å². The van der Waals surface area contributed by atoms with Gasteiger partial charge in [0.1, 0.15) is 11.6 Å². The molecule has 4 nitrogen and oxygen atoms in total. The normalized spacial score (nSPS) is 10.3. The van der Waals surface area contributed by atoms with Gasteiger partial charge >= 0.3 is 0 Å². The minimum atomic E-state index is -0.977. The Bertz CT molecular complexity index is 751. The van der Waals surface area contributed by atoms with Gasteiger partial charge in [-0.1, -0.05) is 23.7 Å². The van der Waals surface area contributed by atoms with E-state index in [9.17, 15) is 18.4 Å². The average Bonchev–Trinajstić information content (AvgIpc) is 2.54. The zero-order valence-electron chi connectivity index (χ0n) is 12.9. The Kier molecular flexibility index (Phi) is 5.87. The van der Waals surface area contributed by atoms with E-state index in [1.165, 1.54) is 4.90 Å². The molecule has 0 aliphatic rings. The van der Waals surface area contributed by atoms with Crippen molar-refractivity contribution in [2.75, 3.05) is 13.6 Å². The van der Waals surface area contributed by atoms with Gasteiger partial charge in [-0.05, 0) is 29.8 Å². The van der Waals surface area contributed by atoms with Crippen molar-refractivity contribution < 1.29 is 18.4 Å². The maximum absolute atomic E-state index is 13.5. The number of hydrogen-bond donors (Lipinski definition) is 1. The average molecular weight is 353 g/mol. The monoisotopic (exact) mass is 352 g/mol. The summed E-state index contributed by atoms with van der Waals surface area (Å²) in [6, 6.07) is 9.64. The number of carbonyl (C=O) groups excluding carboxylic acids is 2. The lowest BCUT2D eigenvalue weighted by Crippen LogP contribution is -2.38. The topological polar surface area (TPSA) is 49.4 Å². The second-order valence-corrected chi connectivity index (χ2v) is 5.62. The number of nitrogens with one attached hydrogen (secondary N) is 1. The maximum Gasteiger partial charge on any atom is 0.254 e. The SMILES string of the molecule is CN(Cc1ccc(Cl)cc1)C(=O)CNC(=O)c1ccc(F)cc1F. The van der Waals surface area contributed by atoms with E-state index in [0.29, 0.717) is 17.6 Å². The Hall–Kier alpha value is -2.47. The van der Waals surface area contributed by atoms with Crippen LogP contribution in [0.15, 0.2) is 42.5 Å². The highest BCUT2D eigenvalue weighted by molar-refractivity contribution is 6.30. The molecule has 0 aliphatic carbocycles. The molecule has 0 saturated carbocycles. The Labute approximate surface area is 143 Å². The molecule has 24 heavy (non-hydrogen) atoms. The predicted octanol–water partition coefficient (Wildman–Crippen LogP) is 3.01. The molecule has 0 aliphatic heterocycles. The van der Waals surface area contributed by atoms with E-state index < -0.39 is 17.5 Å². The molecule has 2 rings (SSSR count). The molecular weight excluding hydrogens is 338 g/mol. The van der Waals surface area contributed by atoms with Gasteiger partial charge in [-0.2, -0.15) is 0 Å². The van der Waals surface area contributed by atoms with E-state index in [0.717, 1.165) is 17.7 Å². The van der Waals surface area contributed by atoms with Crippen LogP contribution >= 0.6 is 11.6 Å². The molecule has 2 aromatic rings. The van der Waals surface area contributed by atoms with Crippen LogP contribution in [0.4, 0.5) is 8.78 Å². The second kappa shape index (κ2) is 7.88. The van der Waals surface area contributed by atoms with E-state index in [-0.39, 0.29) is 18.0 Å². The van der Waals surface area contributed by atoms with Crippen molar-refractivity contribution in [3.05, 3.63) is 70.2 Å². The van der Waals surface area contributed by atoms with E-state index in [4.69, 9.17) is 11.6 Å². The van der Waals surface area contributed by atoms with Gasteiger partial charge in [-0.15, -0.1) is 0 Å². The molecule has 0 aromatic heterocycles. The molecule has 0 bridgehead atoms.